The second-order valence-electron chi connectivity index (χ2n) is 15.3. The smallest absolute Gasteiger partial charge is 0.338 e. The maximum Gasteiger partial charge on any atom is 0.338 e. The summed E-state index contributed by atoms with van der Waals surface area (Å²) >= 11 is 11.5. The molecule has 0 amide bonds. The predicted molar refractivity (Wildman–Crippen MR) is 226 cm³/mol. The van der Waals surface area contributed by atoms with Crippen molar-refractivity contribution in [2.24, 2.45) is 29.5 Å². The van der Waals surface area contributed by atoms with Gasteiger partial charge in [0.1, 0.15) is 40.0 Å². The summed E-state index contributed by atoms with van der Waals surface area (Å²) < 4.78 is 24.4. The van der Waals surface area contributed by atoms with Crippen LogP contribution in [0.3, 0.4) is 0 Å². The van der Waals surface area contributed by atoms with Crippen molar-refractivity contribution in [2.45, 2.75) is 59.9 Å². The number of para-hydroxylation sites is 2. The first-order valence-electron chi connectivity index (χ1n) is 18.8. The van der Waals surface area contributed by atoms with E-state index in [4.69, 9.17) is 47.0 Å². The van der Waals surface area contributed by atoms with Gasteiger partial charge in [0.2, 0.25) is 12.0 Å². The van der Waals surface area contributed by atoms with Crippen LogP contribution in [0.4, 0.5) is 0 Å². The zero-order chi connectivity index (χ0) is 42.7. The van der Waals surface area contributed by atoms with E-state index in [1.807, 2.05) is 127 Å². The molecule has 1 aromatic heterocycles. The Morgan fingerprint density at radius 3 is 2.12 bits per heavy atom. The normalized spacial score (nSPS) is 15.7. The molecule has 0 bridgehead atoms. The number of rotatable bonds is 13. The molecule has 1 saturated carbocycles. The highest BCUT2D eigenvalue weighted by molar-refractivity contribution is 6.55. The number of allylic oxidation sites excluding steroid dienone is 1. The Morgan fingerprint density at radius 1 is 0.915 bits per heavy atom. The van der Waals surface area contributed by atoms with Crippen LogP contribution in [0.25, 0.3) is 0 Å². The number of nitriles is 1. The molecule has 11 nitrogen and oxygen atoms in total. The molecule has 1 aliphatic rings. The van der Waals surface area contributed by atoms with Gasteiger partial charge in [0.15, 0.2) is 0 Å². The molecule has 2 unspecified atom stereocenters. The quantitative estimate of drug-likeness (QED) is 0.0645. The van der Waals surface area contributed by atoms with Gasteiger partial charge in [-0.2, -0.15) is 10.4 Å². The Morgan fingerprint density at radius 2 is 1.53 bits per heavy atom. The second kappa shape index (κ2) is 19.6. The third kappa shape index (κ3) is 12.5. The number of hydrogen-bond acceptors (Lipinski definition) is 10. The molecular formula is C46H46Cl2N4O7. The number of aromatic nitrogens is 2. The first-order valence-corrected chi connectivity index (χ1v) is 19.5. The Bertz CT molecular complexity index is 2310. The Hall–Kier alpha value is -6.09. The van der Waals surface area contributed by atoms with Crippen LogP contribution in [-0.2, 0) is 32.8 Å². The van der Waals surface area contributed by atoms with Crippen molar-refractivity contribution in [3.05, 3.63) is 148 Å². The van der Waals surface area contributed by atoms with E-state index in [1.165, 1.54) is 0 Å². The van der Waals surface area contributed by atoms with Gasteiger partial charge in [0.25, 0.3) is 0 Å². The fraction of sp³-hybridized carbons (Fsp3) is 0.283. The predicted octanol–water partition coefficient (Wildman–Crippen LogP) is 11.2. The lowest BCUT2D eigenvalue weighted by atomic mass is 10.1. The molecule has 3 atom stereocenters. The molecular weight excluding hydrogens is 791 g/mol. The number of ether oxygens (including phenoxy) is 4. The molecule has 1 aliphatic carbocycles. The molecule has 1 heterocycles. The van der Waals surface area contributed by atoms with Crippen molar-refractivity contribution < 1.29 is 33.4 Å². The molecule has 0 radical (unpaired) electrons. The van der Waals surface area contributed by atoms with Crippen LogP contribution < -0.4 is 9.47 Å². The fourth-order valence-electron chi connectivity index (χ4n) is 6.10. The highest BCUT2D eigenvalue weighted by Gasteiger charge is 2.62. The van der Waals surface area contributed by atoms with E-state index in [1.54, 1.807) is 53.4 Å². The molecule has 5 aromatic rings. The maximum atomic E-state index is 12.6. The number of nitrogens with zero attached hydrogens (tertiary/aromatic N) is 4. The van der Waals surface area contributed by atoms with E-state index in [0.717, 1.165) is 16.8 Å². The molecule has 0 spiro atoms. The van der Waals surface area contributed by atoms with Crippen molar-refractivity contribution in [1.29, 1.82) is 5.26 Å². The topological polar surface area (TPSA) is 134 Å². The van der Waals surface area contributed by atoms with Gasteiger partial charge in [-0.3, -0.25) is 4.79 Å². The van der Waals surface area contributed by atoms with Crippen LogP contribution in [0.2, 0.25) is 0 Å². The lowest BCUT2D eigenvalue weighted by Gasteiger charge is -2.19. The maximum absolute atomic E-state index is 12.6. The highest BCUT2D eigenvalue weighted by atomic mass is 35.5. The van der Waals surface area contributed by atoms with E-state index in [9.17, 15) is 14.9 Å². The SMILES string of the molecule is CC1(C)C(C=C(Cl)Cl)C1C(=O)O[C@H](C#N)c1cccc(Oc2ccccc2)c1.Cc1nn(C)c(Oc2ccccc2)c1/C=N/OCc1ccc(C(=O)OC(C)(C)C)cc1. The Balaban J connectivity index is 0.000000225. The first kappa shape index (κ1) is 44.0. The van der Waals surface area contributed by atoms with E-state index in [0.29, 0.717) is 34.3 Å². The number of hydrogen-bond donors (Lipinski definition) is 0. The molecule has 4 aromatic carbocycles. The van der Waals surface area contributed by atoms with Crippen molar-refractivity contribution in [2.75, 3.05) is 0 Å². The second-order valence-corrected chi connectivity index (χ2v) is 16.3. The van der Waals surface area contributed by atoms with Gasteiger partial charge in [-0.05, 0) is 99.2 Å². The van der Waals surface area contributed by atoms with Gasteiger partial charge >= 0.3 is 11.9 Å². The Kier molecular flexibility index (Phi) is 14.6. The standard InChI is InChI=1S/C24H27N3O4.C22H19Cl2NO3/c1-17-21(22(27(5)26-17)30-20-9-7-6-8-10-20)15-25-29-16-18-11-13-19(14-12-18)23(28)31-24(2,3)4;1-22(2)17(12-19(23)24)20(22)21(26)28-18(13-25)14-7-6-10-16(11-14)27-15-8-4-3-5-9-15/h6-15H,16H2,1-5H3;3-12,17-18,20H,1-2H3/b25-15+;/t;17?,18-,20?/m.1/s1. The van der Waals surface area contributed by atoms with E-state index < -0.39 is 17.7 Å². The summed E-state index contributed by atoms with van der Waals surface area (Å²) in [7, 11) is 1.82. The minimum absolute atomic E-state index is 0.114. The van der Waals surface area contributed by atoms with Crippen LogP contribution in [0.1, 0.15) is 73.5 Å². The zero-order valence-electron chi connectivity index (χ0n) is 33.9. The molecule has 59 heavy (non-hydrogen) atoms. The van der Waals surface area contributed by atoms with Gasteiger partial charge in [-0.25, -0.2) is 9.48 Å². The summed E-state index contributed by atoms with van der Waals surface area (Å²) in [6.45, 7) is 11.5. The average Bonchev–Trinajstić information content (AvgIpc) is 3.62. The minimum atomic E-state index is -1.03. The summed E-state index contributed by atoms with van der Waals surface area (Å²) in [4.78, 5) is 30.1. The monoisotopic (exact) mass is 836 g/mol. The number of esters is 2. The third-order valence-corrected chi connectivity index (χ3v) is 9.46. The number of carbonyl (C=O) groups excluding carboxylic acids is 2. The summed E-state index contributed by atoms with van der Waals surface area (Å²) in [6.07, 6.45) is 2.21. The van der Waals surface area contributed by atoms with Crippen molar-refractivity contribution >= 4 is 41.4 Å². The van der Waals surface area contributed by atoms with Crippen molar-refractivity contribution in [3.8, 4) is 29.2 Å². The number of carbonyl (C=O) groups is 2. The number of benzene rings is 4. The fourth-order valence-corrected chi connectivity index (χ4v) is 6.37. The summed E-state index contributed by atoms with van der Waals surface area (Å²) in [5.74, 6) is 1.23. The third-order valence-electron chi connectivity index (χ3n) is 9.21. The number of oxime groups is 1. The van der Waals surface area contributed by atoms with Crippen LogP contribution in [-0.4, -0.2) is 33.5 Å². The zero-order valence-corrected chi connectivity index (χ0v) is 35.4. The van der Waals surface area contributed by atoms with Crippen molar-refractivity contribution in [3.63, 3.8) is 0 Å². The molecule has 13 heteroatoms. The van der Waals surface area contributed by atoms with E-state index in [-0.39, 0.29) is 34.3 Å². The average molecular weight is 838 g/mol. The van der Waals surface area contributed by atoms with Gasteiger partial charge < -0.3 is 23.8 Å². The summed E-state index contributed by atoms with van der Waals surface area (Å²) in [5, 5.41) is 18.0. The van der Waals surface area contributed by atoms with E-state index >= 15 is 0 Å². The molecule has 0 saturated heterocycles. The van der Waals surface area contributed by atoms with Gasteiger partial charge in [-0.15, -0.1) is 0 Å². The molecule has 1 fully saturated rings. The largest absolute Gasteiger partial charge is 0.457 e. The van der Waals surface area contributed by atoms with Crippen molar-refractivity contribution in [1.82, 2.24) is 9.78 Å². The lowest BCUT2D eigenvalue weighted by Crippen LogP contribution is -2.23. The van der Waals surface area contributed by atoms with Gasteiger partial charge in [-0.1, -0.05) is 103 Å². The first-order chi connectivity index (χ1) is 28.0. The van der Waals surface area contributed by atoms with Gasteiger partial charge in [0, 0.05) is 12.6 Å². The van der Waals surface area contributed by atoms with Gasteiger partial charge in [0.05, 0.1) is 29.0 Å². The number of aryl methyl sites for hydroxylation is 2. The minimum Gasteiger partial charge on any atom is -0.457 e. The summed E-state index contributed by atoms with van der Waals surface area (Å²) in [6, 6.07) is 34.8. The number of halogens is 2. The van der Waals surface area contributed by atoms with E-state index in [2.05, 4.69) is 10.3 Å². The van der Waals surface area contributed by atoms with Crippen LogP contribution in [0.5, 0.6) is 23.1 Å². The molecule has 6 rings (SSSR count). The molecule has 0 aliphatic heterocycles. The van der Waals surface area contributed by atoms with Crippen LogP contribution in [0.15, 0.2) is 125 Å². The lowest BCUT2D eigenvalue weighted by molar-refractivity contribution is -0.149. The molecule has 306 valence electrons. The molecule has 0 N–H and O–H groups in total. The highest BCUT2D eigenvalue weighted by Crippen LogP contribution is 2.60. The summed E-state index contributed by atoms with van der Waals surface area (Å²) in [5.41, 5.74) is 2.61. The Labute approximate surface area is 354 Å². The van der Waals surface area contributed by atoms with Crippen LogP contribution in [0, 0.1) is 35.5 Å². The van der Waals surface area contributed by atoms with Crippen LogP contribution >= 0.6 is 23.2 Å².